The molecule has 0 aliphatic heterocycles. The van der Waals surface area contributed by atoms with Crippen LogP contribution in [0.25, 0.3) is 0 Å². The van der Waals surface area contributed by atoms with Crippen molar-refractivity contribution in [1.29, 1.82) is 0 Å². The second kappa shape index (κ2) is 8.89. The van der Waals surface area contributed by atoms with Gasteiger partial charge in [0.1, 0.15) is 0 Å². The van der Waals surface area contributed by atoms with E-state index in [0.29, 0.717) is 24.9 Å². The fourth-order valence-electron chi connectivity index (χ4n) is 1.55. The van der Waals surface area contributed by atoms with Gasteiger partial charge < -0.3 is 5.32 Å². The van der Waals surface area contributed by atoms with E-state index in [-0.39, 0.29) is 5.75 Å². The molecular formula is C12H28N2O2S. The molecule has 0 unspecified atom stereocenters. The lowest BCUT2D eigenvalue weighted by molar-refractivity contribution is 0.478. The Bertz CT molecular complexity index is 272. The van der Waals surface area contributed by atoms with Crippen molar-refractivity contribution in [1.82, 2.24) is 10.0 Å². The van der Waals surface area contributed by atoms with Crippen LogP contribution in [0.4, 0.5) is 0 Å². The van der Waals surface area contributed by atoms with Crippen molar-refractivity contribution >= 4 is 10.0 Å². The monoisotopic (exact) mass is 264 g/mol. The number of hydrogen-bond donors (Lipinski definition) is 2. The van der Waals surface area contributed by atoms with Gasteiger partial charge in [-0.3, -0.25) is 0 Å². The zero-order valence-electron chi connectivity index (χ0n) is 11.6. The molecule has 17 heavy (non-hydrogen) atoms. The first-order valence-electron chi connectivity index (χ1n) is 6.62. The van der Waals surface area contributed by atoms with Gasteiger partial charge in [0, 0.05) is 12.6 Å². The first kappa shape index (κ1) is 16.9. The van der Waals surface area contributed by atoms with Crippen molar-refractivity contribution < 1.29 is 8.42 Å². The molecule has 0 rings (SSSR count). The highest BCUT2D eigenvalue weighted by Gasteiger charge is 2.12. The molecule has 104 valence electrons. The van der Waals surface area contributed by atoms with Crippen molar-refractivity contribution in [3.63, 3.8) is 0 Å². The molecule has 0 radical (unpaired) electrons. The largest absolute Gasteiger partial charge is 0.314 e. The summed E-state index contributed by atoms with van der Waals surface area (Å²) in [5, 5.41) is 3.21. The van der Waals surface area contributed by atoms with Crippen LogP contribution in [0.2, 0.25) is 0 Å². The van der Waals surface area contributed by atoms with E-state index in [9.17, 15) is 8.42 Å². The molecule has 0 aromatic rings. The maximum Gasteiger partial charge on any atom is 0.211 e. The zero-order valence-corrected chi connectivity index (χ0v) is 12.4. The number of nitrogens with one attached hydrogen (secondary N) is 2. The smallest absolute Gasteiger partial charge is 0.211 e. The van der Waals surface area contributed by atoms with Crippen LogP contribution >= 0.6 is 0 Å². The SMILES string of the molecule is CCC(CC)CNS(=O)(=O)CCCNC(C)C. The minimum Gasteiger partial charge on any atom is -0.314 e. The minimum atomic E-state index is -3.08. The van der Waals surface area contributed by atoms with Crippen molar-refractivity contribution in [2.24, 2.45) is 5.92 Å². The molecule has 4 nitrogen and oxygen atoms in total. The maximum absolute atomic E-state index is 11.7. The summed E-state index contributed by atoms with van der Waals surface area (Å²) in [5.74, 6) is 0.672. The third-order valence-corrected chi connectivity index (χ3v) is 4.32. The Kier molecular flexibility index (Phi) is 8.82. The van der Waals surface area contributed by atoms with Gasteiger partial charge in [-0.15, -0.1) is 0 Å². The summed E-state index contributed by atoms with van der Waals surface area (Å²) < 4.78 is 26.0. The molecule has 0 amide bonds. The minimum absolute atomic E-state index is 0.215. The van der Waals surface area contributed by atoms with E-state index >= 15 is 0 Å². The maximum atomic E-state index is 11.7. The summed E-state index contributed by atoms with van der Waals surface area (Å²) in [6, 6.07) is 0.412. The first-order valence-corrected chi connectivity index (χ1v) is 8.27. The van der Waals surface area contributed by atoms with Gasteiger partial charge in [-0.05, 0) is 18.9 Å². The van der Waals surface area contributed by atoms with Crippen LogP contribution in [0.1, 0.15) is 47.0 Å². The summed E-state index contributed by atoms with van der Waals surface area (Å²) in [6.45, 7) is 9.63. The van der Waals surface area contributed by atoms with Gasteiger partial charge in [-0.2, -0.15) is 0 Å². The van der Waals surface area contributed by atoms with E-state index in [2.05, 4.69) is 37.7 Å². The molecule has 0 aliphatic carbocycles. The van der Waals surface area contributed by atoms with Crippen LogP contribution in [0.3, 0.4) is 0 Å². The summed E-state index contributed by atoms with van der Waals surface area (Å²) >= 11 is 0. The molecule has 2 N–H and O–H groups in total. The summed E-state index contributed by atoms with van der Waals surface area (Å²) in [4.78, 5) is 0. The van der Waals surface area contributed by atoms with Gasteiger partial charge in [-0.1, -0.05) is 40.5 Å². The lowest BCUT2D eigenvalue weighted by Gasteiger charge is -2.14. The lowest BCUT2D eigenvalue weighted by Crippen LogP contribution is -2.33. The van der Waals surface area contributed by atoms with Crippen LogP contribution in [0.5, 0.6) is 0 Å². The molecule has 0 heterocycles. The van der Waals surface area contributed by atoms with Crippen LogP contribution in [0, 0.1) is 5.92 Å². The van der Waals surface area contributed by atoms with E-state index in [4.69, 9.17) is 0 Å². The van der Waals surface area contributed by atoms with Crippen molar-refractivity contribution in [3.05, 3.63) is 0 Å². The topological polar surface area (TPSA) is 58.2 Å². The Balaban J connectivity index is 3.80. The van der Waals surface area contributed by atoms with Gasteiger partial charge in [0.05, 0.1) is 5.75 Å². The van der Waals surface area contributed by atoms with Crippen LogP contribution in [-0.2, 0) is 10.0 Å². The lowest BCUT2D eigenvalue weighted by atomic mass is 10.0. The highest BCUT2D eigenvalue weighted by Crippen LogP contribution is 2.06. The highest BCUT2D eigenvalue weighted by atomic mass is 32.2. The van der Waals surface area contributed by atoms with E-state index in [1.807, 2.05) is 0 Å². The normalized spacial score (nSPS) is 12.6. The van der Waals surface area contributed by atoms with Crippen LogP contribution in [0.15, 0.2) is 0 Å². The summed E-state index contributed by atoms with van der Waals surface area (Å²) in [7, 11) is -3.08. The summed E-state index contributed by atoms with van der Waals surface area (Å²) in [6.07, 6.45) is 2.71. The molecule has 0 fully saturated rings. The molecule has 0 saturated carbocycles. The molecule has 0 aromatic carbocycles. The molecular weight excluding hydrogens is 236 g/mol. The highest BCUT2D eigenvalue weighted by molar-refractivity contribution is 7.89. The fraction of sp³-hybridized carbons (Fsp3) is 1.00. The third kappa shape index (κ3) is 9.56. The van der Waals surface area contributed by atoms with Crippen molar-refractivity contribution in [2.75, 3.05) is 18.8 Å². The Labute approximate surface area is 107 Å². The second-order valence-electron chi connectivity index (χ2n) is 4.81. The molecule has 0 saturated heterocycles. The van der Waals surface area contributed by atoms with Gasteiger partial charge >= 0.3 is 0 Å². The van der Waals surface area contributed by atoms with Gasteiger partial charge in [-0.25, -0.2) is 13.1 Å². The van der Waals surface area contributed by atoms with Gasteiger partial charge in [0.15, 0.2) is 0 Å². The molecule has 0 spiro atoms. The van der Waals surface area contributed by atoms with E-state index in [0.717, 1.165) is 19.4 Å². The third-order valence-electron chi connectivity index (χ3n) is 2.89. The van der Waals surface area contributed by atoms with E-state index in [1.54, 1.807) is 0 Å². The molecule has 0 aliphatic rings. The Morgan fingerprint density at radius 2 is 1.71 bits per heavy atom. The van der Waals surface area contributed by atoms with Gasteiger partial charge in [0.25, 0.3) is 0 Å². The first-order chi connectivity index (χ1) is 7.91. The molecule has 0 atom stereocenters. The van der Waals surface area contributed by atoms with Gasteiger partial charge in [0.2, 0.25) is 10.0 Å². The molecule has 0 aromatic heterocycles. The van der Waals surface area contributed by atoms with Crippen molar-refractivity contribution in [3.8, 4) is 0 Å². The number of hydrogen-bond acceptors (Lipinski definition) is 3. The van der Waals surface area contributed by atoms with Crippen LogP contribution in [-0.4, -0.2) is 33.3 Å². The second-order valence-corrected chi connectivity index (χ2v) is 6.74. The van der Waals surface area contributed by atoms with E-state index in [1.165, 1.54) is 0 Å². The van der Waals surface area contributed by atoms with E-state index < -0.39 is 10.0 Å². The predicted octanol–water partition coefficient (Wildman–Crippen LogP) is 1.73. The Morgan fingerprint density at radius 3 is 2.18 bits per heavy atom. The summed E-state index contributed by atoms with van der Waals surface area (Å²) in [5.41, 5.74) is 0. The Hall–Kier alpha value is -0.130. The zero-order chi connectivity index (χ0) is 13.3. The predicted molar refractivity (Wildman–Crippen MR) is 73.6 cm³/mol. The average molecular weight is 264 g/mol. The molecule has 0 bridgehead atoms. The fourth-order valence-corrected chi connectivity index (χ4v) is 2.71. The Morgan fingerprint density at radius 1 is 1.12 bits per heavy atom. The number of sulfonamides is 1. The number of rotatable bonds is 10. The van der Waals surface area contributed by atoms with Crippen LogP contribution < -0.4 is 10.0 Å². The quantitative estimate of drug-likeness (QED) is 0.591. The average Bonchev–Trinajstić information content (AvgIpc) is 2.25. The standard InChI is InChI=1S/C12H28N2O2S/c1-5-12(6-2)10-14-17(15,16)9-7-8-13-11(3)4/h11-14H,5-10H2,1-4H3. The van der Waals surface area contributed by atoms with Crippen molar-refractivity contribution in [2.45, 2.75) is 53.0 Å². The molecule has 5 heteroatoms.